The molecule has 0 fully saturated rings. The molecule has 2 rings (SSSR count). The Kier molecular flexibility index (Phi) is 1.09. The van der Waals surface area contributed by atoms with Crippen LogP contribution in [-0.2, 0) is 0 Å². The molecule has 0 spiro atoms. The van der Waals surface area contributed by atoms with E-state index in [1.54, 1.807) is 4.52 Å². The van der Waals surface area contributed by atoms with Crippen molar-refractivity contribution in [3.05, 3.63) is 24.2 Å². The third kappa shape index (κ3) is 0.756. The maximum absolute atomic E-state index is 5.74. The molecule has 4 nitrogen and oxygen atoms in total. The summed E-state index contributed by atoms with van der Waals surface area (Å²) in [6, 6.07) is 1.91. The highest BCUT2D eigenvalue weighted by molar-refractivity contribution is 5.67. The van der Waals surface area contributed by atoms with E-state index in [0.717, 1.165) is 11.2 Å². The fourth-order valence-electron chi connectivity index (χ4n) is 1.00. The topological polar surface area (TPSA) is 56.2 Å². The van der Waals surface area contributed by atoms with Gasteiger partial charge in [-0.2, -0.15) is 5.10 Å². The van der Waals surface area contributed by atoms with Crippen molar-refractivity contribution >= 4 is 11.3 Å². The second kappa shape index (κ2) is 1.95. The van der Waals surface area contributed by atoms with E-state index >= 15 is 0 Å². The van der Waals surface area contributed by atoms with Crippen molar-refractivity contribution in [1.82, 2.24) is 14.6 Å². The molecule has 2 N–H and O–H groups in total. The number of nitrogen functional groups attached to an aromatic ring is 1. The van der Waals surface area contributed by atoms with Gasteiger partial charge in [-0.3, -0.25) is 0 Å². The third-order valence-corrected chi connectivity index (χ3v) is 1.70. The van der Waals surface area contributed by atoms with E-state index in [-0.39, 0.29) is 0 Å². The number of rotatable bonds is 0. The van der Waals surface area contributed by atoms with E-state index < -0.39 is 0 Å². The van der Waals surface area contributed by atoms with Crippen LogP contribution < -0.4 is 5.73 Å². The number of fused-ring (bicyclic) bond motifs is 1. The zero-order valence-electron chi connectivity index (χ0n) is 6.15. The number of nitrogens with two attached hydrogens (primary N) is 1. The van der Waals surface area contributed by atoms with Gasteiger partial charge in [0.25, 0.3) is 0 Å². The summed E-state index contributed by atoms with van der Waals surface area (Å²) in [5, 5.41) is 3.95. The average Bonchev–Trinajstić information content (AvgIpc) is 2.45. The van der Waals surface area contributed by atoms with E-state index in [0.29, 0.717) is 5.69 Å². The normalized spacial score (nSPS) is 10.6. The molecular formula is C7H8N4. The van der Waals surface area contributed by atoms with Gasteiger partial charge in [-0.25, -0.2) is 9.50 Å². The van der Waals surface area contributed by atoms with E-state index in [4.69, 9.17) is 5.73 Å². The molecule has 0 unspecified atom stereocenters. The summed E-state index contributed by atoms with van der Waals surface area (Å²) in [5.41, 5.74) is 8.20. The molecule has 0 radical (unpaired) electrons. The van der Waals surface area contributed by atoms with Crippen LogP contribution in [-0.4, -0.2) is 14.6 Å². The van der Waals surface area contributed by atoms with Crippen molar-refractivity contribution < 1.29 is 0 Å². The highest BCUT2D eigenvalue weighted by Crippen LogP contribution is 2.13. The minimum atomic E-state index is 0.699. The Morgan fingerprint density at radius 1 is 1.55 bits per heavy atom. The van der Waals surface area contributed by atoms with Gasteiger partial charge in [0.1, 0.15) is 6.33 Å². The number of aromatic nitrogens is 3. The molecule has 4 heteroatoms. The van der Waals surface area contributed by atoms with Gasteiger partial charge in [-0.1, -0.05) is 0 Å². The Morgan fingerprint density at radius 2 is 2.36 bits per heavy atom. The fourth-order valence-corrected chi connectivity index (χ4v) is 1.00. The molecule has 0 aliphatic heterocycles. The molecular weight excluding hydrogens is 140 g/mol. The Morgan fingerprint density at radius 3 is 3.18 bits per heavy atom. The maximum atomic E-state index is 5.74. The SMILES string of the molecule is Cc1ccn2ncnc2c1N. The van der Waals surface area contributed by atoms with Crippen molar-refractivity contribution in [3.8, 4) is 0 Å². The van der Waals surface area contributed by atoms with Gasteiger partial charge in [0.05, 0.1) is 5.69 Å². The summed E-state index contributed by atoms with van der Waals surface area (Å²) < 4.78 is 1.66. The smallest absolute Gasteiger partial charge is 0.178 e. The lowest BCUT2D eigenvalue weighted by Gasteiger charge is -1.98. The quantitative estimate of drug-likeness (QED) is 0.595. The molecule has 0 aliphatic carbocycles. The summed E-state index contributed by atoms with van der Waals surface area (Å²) in [6.45, 7) is 1.95. The molecule has 0 bridgehead atoms. The zero-order valence-corrected chi connectivity index (χ0v) is 6.15. The van der Waals surface area contributed by atoms with Crippen LogP contribution in [0.1, 0.15) is 5.56 Å². The number of nitrogens with zero attached hydrogens (tertiary/aromatic N) is 3. The van der Waals surface area contributed by atoms with Crippen LogP contribution in [0.25, 0.3) is 5.65 Å². The van der Waals surface area contributed by atoms with Crippen molar-refractivity contribution in [1.29, 1.82) is 0 Å². The predicted octanol–water partition coefficient (Wildman–Crippen LogP) is 0.620. The van der Waals surface area contributed by atoms with Gasteiger partial charge < -0.3 is 5.73 Å². The summed E-state index contributed by atoms with van der Waals surface area (Å²) >= 11 is 0. The van der Waals surface area contributed by atoms with Gasteiger partial charge in [-0.05, 0) is 18.6 Å². The second-order valence-electron chi connectivity index (χ2n) is 2.44. The molecule has 56 valence electrons. The minimum Gasteiger partial charge on any atom is -0.395 e. The molecule has 0 amide bonds. The first kappa shape index (κ1) is 6.15. The number of aryl methyl sites for hydroxylation is 1. The number of anilines is 1. The lowest BCUT2D eigenvalue weighted by atomic mass is 10.2. The highest BCUT2D eigenvalue weighted by Gasteiger charge is 2.00. The Bertz CT molecular complexity index is 390. The summed E-state index contributed by atoms with van der Waals surface area (Å²) in [5.74, 6) is 0. The molecule has 2 aromatic rings. The number of hydrogen-bond acceptors (Lipinski definition) is 3. The minimum absolute atomic E-state index is 0.699. The van der Waals surface area contributed by atoms with Crippen molar-refractivity contribution in [2.45, 2.75) is 6.92 Å². The fraction of sp³-hybridized carbons (Fsp3) is 0.143. The van der Waals surface area contributed by atoms with E-state index in [2.05, 4.69) is 10.1 Å². The van der Waals surface area contributed by atoms with E-state index in [1.807, 2.05) is 19.2 Å². The summed E-state index contributed by atoms with van der Waals surface area (Å²) in [4.78, 5) is 4.01. The zero-order chi connectivity index (χ0) is 7.84. The van der Waals surface area contributed by atoms with E-state index in [9.17, 15) is 0 Å². The predicted molar refractivity (Wildman–Crippen MR) is 42.1 cm³/mol. The lowest BCUT2D eigenvalue weighted by molar-refractivity contribution is 0.959. The third-order valence-electron chi connectivity index (χ3n) is 1.70. The molecule has 2 aromatic heterocycles. The molecule has 0 saturated carbocycles. The first-order valence-electron chi connectivity index (χ1n) is 3.33. The number of pyridine rings is 1. The van der Waals surface area contributed by atoms with Crippen LogP contribution in [0.4, 0.5) is 5.69 Å². The molecule has 2 heterocycles. The van der Waals surface area contributed by atoms with Crippen molar-refractivity contribution in [3.63, 3.8) is 0 Å². The van der Waals surface area contributed by atoms with Crippen molar-refractivity contribution in [2.24, 2.45) is 0 Å². The monoisotopic (exact) mass is 148 g/mol. The lowest BCUT2D eigenvalue weighted by Crippen LogP contribution is -1.96. The highest BCUT2D eigenvalue weighted by atomic mass is 15.3. The molecule has 0 aromatic carbocycles. The van der Waals surface area contributed by atoms with Gasteiger partial charge in [0, 0.05) is 6.20 Å². The van der Waals surface area contributed by atoms with Gasteiger partial charge >= 0.3 is 0 Å². The van der Waals surface area contributed by atoms with Crippen LogP contribution in [0.5, 0.6) is 0 Å². The van der Waals surface area contributed by atoms with Gasteiger partial charge in [-0.15, -0.1) is 0 Å². The largest absolute Gasteiger partial charge is 0.395 e. The summed E-state index contributed by atoms with van der Waals surface area (Å²) in [6.07, 6.45) is 3.33. The summed E-state index contributed by atoms with van der Waals surface area (Å²) in [7, 11) is 0. The maximum Gasteiger partial charge on any atom is 0.178 e. The molecule has 0 aliphatic rings. The average molecular weight is 148 g/mol. The Labute approximate surface area is 63.7 Å². The van der Waals surface area contributed by atoms with Crippen molar-refractivity contribution in [2.75, 3.05) is 5.73 Å². The van der Waals surface area contributed by atoms with Crippen LogP contribution in [0.2, 0.25) is 0 Å². The second-order valence-corrected chi connectivity index (χ2v) is 2.44. The standard InChI is InChI=1S/C7H8N4/c1-5-2-3-11-7(6(5)8)9-4-10-11/h2-4H,8H2,1H3. The Hall–Kier alpha value is -1.58. The molecule has 0 saturated heterocycles. The number of hydrogen-bond donors (Lipinski definition) is 1. The van der Waals surface area contributed by atoms with Crippen LogP contribution in [0.3, 0.4) is 0 Å². The first-order valence-corrected chi connectivity index (χ1v) is 3.33. The van der Waals surface area contributed by atoms with Crippen LogP contribution in [0, 0.1) is 6.92 Å². The van der Waals surface area contributed by atoms with Crippen LogP contribution >= 0.6 is 0 Å². The first-order chi connectivity index (χ1) is 5.29. The van der Waals surface area contributed by atoms with Gasteiger partial charge in [0.15, 0.2) is 5.65 Å². The Balaban J connectivity index is 2.93. The van der Waals surface area contributed by atoms with Crippen LogP contribution in [0.15, 0.2) is 18.6 Å². The van der Waals surface area contributed by atoms with Gasteiger partial charge in [0.2, 0.25) is 0 Å². The molecule has 0 atom stereocenters. The van der Waals surface area contributed by atoms with E-state index in [1.165, 1.54) is 6.33 Å². The molecule has 11 heavy (non-hydrogen) atoms.